The van der Waals surface area contributed by atoms with E-state index in [0.29, 0.717) is 5.56 Å². The molecule has 2 rings (SSSR count). The third-order valence-corrected chi connectivity index (χ3v) is 3.17. The molecule has 0 aromatic heterocycles. The largest absolute Gasteiger partial charge is 0.457 e. The number of rotatable bonds is 5. The normalized spacial score (nSPS) is 12.8. The molecule has 0 bridgehead atoms. The molecule has 0 spiro atoms. The third-order valence-electron chi connectivity index (χ3n) is 3.17. The Hall–Kier alpha value is -2.39. The van der Waals surface area contributed by atoms with Gasteiger partial charge in [-0.25, -0.2) is 4.79 Å². The molecule has 0 saturated heterocycles. The van der Waals surface area contributed by atoms with E-state index >= 15 is 0 Å². The lowest BCUT2D eigenvalue weighted by atomic mass is 10.0. The molecule has 2 aromatic carbocycles. The van der Waals surface area contributed by atoms with Crippen molar-refractivity contribution in [3.8, 4) is 0 Å². The maximum atomic E-state index is 12.1. The van der Waals surface area contributed by atoms with Gasteiger partial charge in [-0.2, -0.15) is 0 Å². The summed E-state index contributed by atoms with van der Waals surface area (Å²) in [6, 6.07) is 18.5. The highest BCUT2D eigenvalue weighted by Crippen LogP contribution is 2.22. The first-order chi connectivity index (χ1) is 10.2. The fraction of sp³-hybridized carbons (Fsp3) is 0.167. The Morgan fingerprint density at radius 3 is 2.24 bits per heavy atom. The Balaban J connectivity index is 2.02. The molecule has 0 heterocycles. The van der Waals surface area contributed by atoms with Gasteiger partial charge in [0.1, 0.15) is 12.7 Å². The maximum Gasteiger partial charge on any atom is 0.337 e. The Kier molecular flexibility index (Phi) is 5.29. The molecular formula is C18H18O3. The van der Waals surface area contributed by atoms with Gasteiger partial charge in [0.2, 0.25) is 0 Å². The first-order valence-electron chi connectivity index (χ1n) is 6.82. The number of ether oxygens (including phenoxy) is 1. The lowest BCUT2D eigenvalue weighted by Crippen LogP contribution is -2.14. The SMILES string of the molecule is C/C=C(/C(=O)OCc1ccccc1)[C@H](O)c1ccccc1. The van der Waals surface area contributed by atoms with Crippen LogP contribution in [0.5, 0.6) is 0 Å². The number of benzene rings is 2. The predicted molar refractivity (Wildman–Crippen MR) is 81.4 cm³/mol. The first kappa shape index (κ1) is 15.0. The smallest absolute Gasteiger partial charge is 0.337 e. The lowest BCUT2D eigenvalue weighted by Gasteiger charge is -2.14. The minimum atomic E-state index is -0.973. The van der Waals surface area contributed by atoms with Gasteiger partial charge in [-0.15, -0.1) is 0 Å². The third kappa shape index (κ3) is 4.04. The van der Waals surface area contributed by atoms with Gasteiger partial charge >= 0.3 is 5.97 Å². The molecule has 3 nitrogen and oxygen atoms in total. The van der Waals surface area contributed by atoms with Crippen LogP contribution < -0.4 is 0 Å². The van der Waals surface area contributed by atoms with Gasteiger partial charge in [-0.3, -0.25) is 0 Å². The molecule has 3 heteroatoms. The van der Waals surface area contributed by atoms with Crippen molar-refractivity contribution in [2.24, 2.45) is 0 Å². The molecular weight excluding hydrogens is 264 g/mol. The van der Waals surface area contributed by atoms with Crippen molar-refractivity contribution in [2.75, 3.05) is 0 Å². The number of carbonyl (C=O) groups excluding carboxylic acids is 1. The number of esters is 1. The minimum Gasteiger partial charge on any atom is -0.457 e. The topological polar surface area (TPSA) is 46.5 Å². The van der Waals surface area contributed by atoms with Crippen molar-refractivity contribution in [3.63, 3.8) is 0 Å². The van der Waals surface area contributed by atoms with Crippen LogP contribution in [0.2, 0.25) is 0 Å². The molecule has 0 unspecified atom stereocenters. The number of aliphatic hydroxyl groups is 1. The van der Waals surface area contributed by atoms with Crippen molar-refractivity contribution < 1.29 is 14.6 Å². The van der Waals surface area contributed by atoms with Gasteiger partial charge in [-0.05, 0) is 18.1 Å². The van der Waals surface area contributed by atoms with E-state index < -0.39 is 12.1 Å². The summed E-state index contributed by atoms with van der Waals surface area (Å²) in [6.07, 6.45) is 0.616. The highest BCUT2D eigenvalue weighted by Gasteiger charge is 2.20. The average Bonchev–Trinajstić information content (AvgIpc) is 2.55. The van der Waals surface area contributed by atoms with E-state index in [4.69, 9.17) is 4.74 Å². The van der Waals surface area contributed by atoms with Crippen LogP contribution in [0.25, 0.3) is 0 Å². The Labute approximate surface area is 124 Å². The number of carbonyl (C=O) groups is 1. The van der Waals surface area contributed by atoms with Crippen LogP contribution in [-0.4, -0.2) is 11.1 Å². The van der Waals surface area contributed by atoms with Crippen molar-refractivity contribution in [1.82, 2.24) is 0 Å². The average molecular weight is 282 g/mol. The molecule has 1 atom stereocenters. The van der Waals surface area contributed by atoms with Crippen molar-refractivity contribution >= 4 is 5.97 Å². The summed E-state index contributed by atoms with van der Waals surface area (Å²) in [5.74, 6) is -0.502. The number of aliphatic hydroxyl groups excluding tert-OH is 1. The molecule has 0 aliphatic rings. The summed E-state index contributed by atoms with van der Waals surface area (Å²) in [5.41, 5.74) is 1.83. The fourth-order valence-corrected chi connectivity index (χ4v) is 2.01. The van der Waals surface area contributed by atoms with Crippen LogP contribution in [0.15, 0.2) is 72.3 Å². The summed E-state index contributed by atoms with van der Waals surface area (Å²) in [6.45, 7) is 1.91. The molecule has 0 radical (unpaired) electrons. The zero-order chi connectivity index (χ0) is 15.1. The second kappa shape index (κ2) is 7.41. The fourth-order valence-electron chi connectivity index (χ4n) is 2.01. The summed E-state index contributed by atoms with van der Waals surface area (Å²) >= 11 is 0. The standard InChI is InChI=1S/C18H18O3/c1-2-16(17(19)15-11-7-4-8-12-15)18(20)21-13-14-9-5-3-6-10-14/h2-12,17,19H,13H2,1H3/b16-2+/t17-/m1/s1. The van der Waals surface area contributed by atoms with Crippen molar-refractivity contribution in [2.45, 2.75) is 19.6 Å². The van der Waals surface area contributed by atoms with Gasteiger partial charge in [0.05, 0.1) is 5.57 Å². The maximum absolute atomic E-state index is 12.1. The van der Waals surface area contributed by atoms with Crippen LogP contribution in [0.3, 0.4) is 0 Å². The van der Waals surface area contributed by atoms with Gasteiger partial charge < -0.3 is 9.84 Å². The first-order valence-corrected chi connectivity index (χ1v) is 6.82. The van der Waals surface area contributed by atoms with Crippen LogP contribution in [-0.2, 0) is 16.1 Å². The lowest BCUT2D eigenvalue weighted by molar-refractivity contribution is -0.141. The van der Waals surface area contributed by atoms with Gasteiger partial charge in [0, 0.05) is 0 Å². The predicted octanol–water partition coefficient (Wildman–Crippen LogP) is 3.41. The van der Waals surface area contributed by atoms with E-state index in [-0.39, 0.29) is 12.2 Å². The zero-order valence-electron chi connectivity index (χ0n) is 11.9. The molecule has 0 fully saturated rings. The Morgan fingerprint density at radius 2 is 1.67 bits per heavy atom. The summed E-state index contributed by atoms with van der Waals surface area (Å²) < 4.78 is 5.26. The van der Waals surface area contributed by atoms with E-state index in [2.05, 4.69) is 0 Å². The number of hydrogen-bond acceptors (Lipinski definition) is 3. The number of allylic oxidation sites excluding steroid dienone is 1. The highest BCUT2D eigenvalue weighted by molar-refractivity contribution is 5.89. The van der Waals surface area contributed by atoms with E-state index in [0.717, 1.165) is 5.56 Å². The van der Waals surface area contributed by atoms with E-state index in [9.17, 15) is 9.90 Å². The second-order valence-electron chi connectivity index (χ2n) is 4.62. The molecule has 0 amide bonds. The van der Waals surface area contributed by atoms with Gasteiger partial charge in [0.15, 0.2) is 0 Å². The second-order valence-corrected chi connectivity index (χ2v) is 4.62. The van der Waals surface area contributed by atoms with E-state index in [1.165, 1.54) is 0 Å². The van der Waals surface area contributed by atoms with E-state index in [1.54, 1.807) is 25.1 Å². The summed E-state index contributed by atoms with van der Waals surface area (Å²) in [4.78, 5) is 12.1. The molecule has 2 aromatic rings. The van der Waals surface area contributed by atoms with Crippen LogP contribution >= 0.6 is 0 Å². The summed E-state index contributed by atoms with van der Waals surface area (Å²) in [5, 5.41) is 10.3. The van der Waals surface area contributed by atoms with Crippen LogP contribution in [0.4, 0.5) is 0 Å². The van der Waals surface area contributed by atoms with Gasteiger partial charge in [0.25, 0.3) is 0 Å². The summed E-state index contributed by atoms with van der Waals surface area (Å²) in [7, 11) is 0. The van der Waals surface area contributed by atoms with Gasteiger partial charge in [-0.1, -0.05) is 66.7 Å². The molecule has 1 N–H and O–H groups in total. The van der Waals surface area contributed by atoms with Crippen LogP contribution in [0, 0.1) is 0 Å². The van der Waals surface area contributed by atoms with Crippen molar-refractivity contribution in [3.05, 3.63) is 83.4 Å². The zero-order valence-corrected chi connectivity index (χ0v) is 11.9. The van der Waals surface area contributed by atoms with Crippen LogP contribution in [0.1, 0.15) is 24.2 Å². The Morgan fingerprint density at radius 1 is 1.10 bits per heavy atom. The molecule has 0 saturated carbocycles. The van der Waals surface area contributed by atoms with E-state index in [1.807, 2.05) is 48.5 Å². The number of hydrogen-bond donors (Lipinski definition) is 1. The quantitative estimate of drug-likeness (QED) is 0.675. The van der Waals surface area contributed by atoms with Crippen molar-refractivity contribution in [1.29, 1.82) is 0 Å². The molecule has 0 aliphatic heterocycles. The monoisotopic (exact) mass is 282 g/mol. The Bertz CT molecular complexity index is 603. The molecule has 108 valence electrons. The highest BCUT2D eigenvalue weighted by atomic mass is 16.5. The molecule has 21 heavy (non-hydrogen) atoms. The molecule has 0 aliphatic carbocycles. The minimum absolute atomic E-state index is 0.193.